The summed E-state index contributed by atoms with van der Waals surface area (Å²) >= 11 is 6.18. The normalized spacial score (nSPS) is 11.1. The van der Waals surface area contributed by atoms with Gasteiger partial charge in [0.1, 0.15) is 12.4 Å². The number of benzene rings is 1. The molecule has 0 amide bonds. The van der Waals surface area contributed by atoms with Crippen molar-refractivity contribution in [3.05, 3.63) is 46.7 Å². The van der Waals surface area contributed by atoms with E-state index >= 15 is 0 Å². The topological polar surface area (TPSA) is 53.1 Å². The predicted octanol–water partition coefficient (Wildman–Crippen LogP) is 3.20. The molecule has 0 radical (unpaired) electrons. The number of aromatic nitrogens is 2. The van der Waals surface area contributed by atoms with Crippen LogP contribution < -0.4 is 10.5 Å². The van der Waals surface area contributed by atoms with E-state index in [1.807, 2.05) is 35.1 Å². The highest BCUT2D eigenvalue weighted by molar-refractivity contribution is 6.31. The molecule has 1 aromatic heterocycles. The highest BCUT2D eigenvalue weighted by Gasteiger charge is 2.09. The molecule has 0 spiro atoms. The molecule has 0 saturated carbocycles. The molecule has 0 atom stereocenters. The van der Waals surface area contributed by atoms with Gasteiger partial charge >= 0.3 is 0 Å². The Morgan fingerprint density at radius 2 is 2.15 bits per heavy atom. The van der Waals surface area contributed by atoms with Crippen LogP contribution >= 0.6 is 11.6 Å². The molecule has 0 aliphatic rings. The van der Waals surface area contributed by atoms with Crippen molar-refractivity contribution in [3.8, 4) is 5.75 Å². The first-order valence-corrected chi connectivity index (χ1v) is 7.14. The average Bonchev–Trinajstić information content (AvgIpc) is 2.89. The highest BCUT2D eigenvalue weighted by Crippen LogP contribution is 2.27. The van der Waals surface area contributed by atoms with E-state index in [-0.39, 0.29) is 0 Å². The molecule has 0 aliphatic carbocycles. The summed E-state index contributed by atoms with van der Waals surface area (Å²) in [7, 11) is 0. The number of ether oxygens (including phenoxy) is 1. The first-order valence-electron chi connectivity index (χ1n) is 6.76. The van der Waals surface area contributed by atoms with Crippen LogP contribution in [0.5, 0.6) is 5.75 Å². The molecule has 4 nitrogen and oxygen atoms in total. The summed E-state index contributed by atoms with van der Waals surface area (Å²) in [4.78, 5) is 0. The molecule has 2 N–H and O–H groups in total. The van der Waals surface area contributed by atoms with Crippen molar-refractivity contribution in [3.63, 3.8) is 0 Å². The second-order valence-corrected chi connectivity index (χ2v) is 5.33. The van der Waals surface area contributed by atoms with Crippen LogP contribution in [0, 0.1) is 0 Å². The lowest BCUT2D eigenvalue weighted by atomic mass is 10.1. The van der Waals surface area contributed by atoms with Gasteiger partial charge in [0.15, 0.2) is 0 Å². The van der Waals surface area contributed by atoms with Crippen molar-refractivity contribution >= 4 is 11.6 Å². The molecule has 0 fully saturated rings. The van der Waals surface area contributed by atoms with Gasteiger partial charge in [0.25, 0.3) is 0 Å². The zero-order valence-electron chi connectivity index (χ0n) is 11.8. The van der Waals surface area contributed by atoms with Crippen LogP contribution in [0.25, 0.3) is 0 Å². The van der Waals surface area contributed by atoms with E-state index < -0.39 is 0 Å². The first-order chi connectivity index (χ1) is 9.61. The fraction of sp³-hybridized carbons (Fsp3) is 0.400. The maximum Gasteiger partial charge on any atom is 0.132 e. The zero-order chi connectivity index (χ0) is 14.5. The summed E-state index contributed by atoms with van der Waals surface area (Å²) in [6.07, 6.45) is 2.66. The molecule has 0 saturated heterocycles. The molecular weight excluding hydrogens is 274 g/mol. The van der Waals surface area contributed by atoms with Crippen molar-refractivity contribution in [1.29, 1.82) is 0 Å². The Labute approximate surface area is 124 Å². The molecule has 1 heterocycles. The van der Waals surface area contributed by atoms with Crippen molar-refractivity contribution in [2.24, 2.45) is 5.73 Å². The van der Waals surface area contributed by atoms with Crippen molar-refractivity contribution in [2.45, 2.75) is 32.9 Å². The third kappa shape index (κ3) is 3.52. The van der Waals surface area contributed by atoms with Gasteiger partial charge in [-0.3, -0.25) is 4.68 Å². The van der Waals surface area contributed by atoms with Crippen LogP contribution in [0.4, 0.5) is 0 Å². The van der Waals surface area contributed by atoms with Crippen LogP contribution in [0.1, 0.15) is 31.1 Å². The van der Waals surface area contributed by atoms with Crippen molar-refractivity contribution < 1.29 is 4.74 Å². The van der Waals surface area contributed by atoms with Gasteiger partial charge in [-0.05, 0) is 45.0 Å². The fourth-order valence-electron chi connectivity index (χ4n) is 1.95. The van der Waals surface area contributed by atoms with Gasteiger partial charge in [-0.25, -0.2) is 0 Å². The molecule has 20 heavy (non-hydrogen) atoms. The Hall–Kier alpha value is -1.52. The Morgan fingerprint density at radius 1 is 1.35 bits per heavy atom. The summed E-state index contributed by atoms with van der Waals surface area (Å²) < 4.78 is 7.75. The van der Waals surface area contributed by atoms with Gasteiger partial charge in [0, 0.05) is 22.8 Å². The van der Waals surface area contributed by atoms with Crippen LogP contribution in [0.3, 0.4) is 0 Å². The quantitative estimate of drug-likeness (QED) is 0.890. The van der Waals surface area contributed by atoms with E-state index in [4.69, 9.17) is 22.1 Å². The number of hydrogen-bond donors (Lipinski definition) is 1. The summed E-state index contributed by atoms with van der Waals surface area (Å²) in [6, 6.07) is 7.96. The average molecular weight is 294 g/mol. The number of nitrogens with two attached hydrogens (primary N) is 1. The smallest absolute Gasteiger partial charge is 0.132 e. The molecule has 0 bridgehead atoms. The molecule has 5 heteroatoms. The van der Waals surface area contributed by atoms with E-state index in [2.05, 4.69) is 18.9 Å². The summed E-state index contributed by atoms with van der Waals surface area (Å²) in [5.41, 5.74) is 7.47. The van der Waals surface area contributed by atoms with Gasteiger partial charge in [-0.2, -0.15) is 5.10 Å². The predicted molar refractivity (Wildman–Crippen MR) is 81.2 cm³/mol. The molecule has 0 unspecified atom stereocenters. The SMILES string of the molecule is CC(C)n1ccc(COc2cccc(Cl)c2CCN)n1. The monoisotopic (exact) mass is 293 g/mol. The molecule has 2 rings (SSSR count). The zero-order valence-corrected chi connectivity index (χ0v) is 12.6. The Morgan fingerprint density at radius 3 is 2.80 bits per heavy atom. The fourth-order valence-corrected chi connectivity index (χ4v) is 2.22. The third-order valence-electron chi connectivity index (χ3n) is 3.04. The van der Waals surface area contributed by atoms with Crippen LogP contribution in [0.15, 0.2) is 30.5 Å². The van der Waals surface area contributed by atoms with E-state index in [1.165, 1.54) is 0 Å². The highest BCUT2D eigenvalue weighted by atomic mass is 35.5. The molecule has 0 aliphatic heterocycles. The second-order valence-electron chi connectivity index (χ2n) is 4.92. The minimum absolute atomic E-state index is 0.350. The lowest BCUT2D eigenvalue weighted by Gasteiger charge is -2.11. The van der Waals surface area contributed by atoms with Crippen molar-refractivity contribution in [1.82, 2.24) is 9.78 Å². The van der Waals surface area contributed by atoms with E-state index in [0.29, 0.717) is 30.6 Å². The maximum absolute atomic E-state index is 6.18. The van der Waals surface area contributed by atoms with E-state index in [0.717, 1.165) is 17.0 Å². The van der Waals surface area contributed by atoms with E-state index in [9.17, 15) is 0 Å². The largest absolute Gasteiger partial charge is 0.487 e. The second kappa shape index (κ2) is 6.77. The Bertz CT molecular complexity index is 566. The minimum Gasteiger partial charge on any atom is -0.487 e. The van der Waals surface area contributed by atoms with Gasteiger partial charge in [-0.1, -0.05) is 17.7 Å². The first kappa shape index (κ1) is 14.9. The number of halogens is 1. The van der Waals surface area contributed by atoms with Gasteiger partial charge in [-0.15, -0.1) is 0 Å². The molecular formula is C15H20ClN3O. The summed E-state index contributed by atoms with van der Waals surface area (Å²) in [5.74, 6) is 0.780. The summed E-state index contributed by atoms with van der Waals surface area (Å²) in [5, 5.41) is 5.15. The number of rotatable bonds is 6. The van der Waals surface area contributed by atoms with Gasteiger partial charge in [0.2, 0.25) is 0 Å². The molecule has 2 aromatic rings. The standard InChI is InChI=1S/C15H20ClN3O/c1-11(2)19-9-7-12(18-19)10-20-15-5-3-4-14(16)13(15)6-8-17/h3-5,7,9,11H,6,8,10,17H2,1-2H3. The van der Waals surface area contributed by atoms with Crippen molar-refractivity contribution in [2.75, 3.05) is 6.54 Å². The molecule has 1 aromatic carbocycles. The van der Waals surface area contributed by atoms with Gasteiger partial charge < -0.3 is 10.5 Å². The lowest BCUT2D eigenvalue weighted by Crippen LogP contribution is -2.07. The van der Waals surface area contributed by atoms with E-state index in [1.54, 1.807) is 0 Å². The minimum atomic E-state index is 0.350. The van der Waals surface area contributed by atoms with Crippen LogP contribution in [0.2, 0.25) is 5.02 Å². The van der Waals surface area contributed by atoms with Gasteiger partial charge in [0.05, 0.1) is 5.69 Å². The number of hydrogen-bond acceptors (Lipinski definition) is 3. The summed E-state index contributed by atoms with van der Waals surface area (Å²) in [6.45, 7) is 5.15. The number of nitrogens with zero attached hydrogens (tertiary/aromatic N) is 2. The third-order valence-corrected chi connectivity index (χ3v) is 3.39. The molecule has 108 valence electrons. The Kier molecular flexibility index (Phi) is 5.04. The van der Waals surface area contributed by atoms with Crippen LogP contribution in [-0.4, -0.2) is 16.3 Å². The van der Waals surface area contributed by atoms with Crippen LogP contribution in [-0.2, 0) is 13.0 Å². The Balaban J connectivity index is 2.08. The lowest BCUT2D eigenvalue weighted by molar-refractivity contribution is 0.295. The maximum atomic E-state index is 6.18.